The second kappa shape index (κ2) is 4.37. The molecule has 0 aliphatic carbocycles. The fourth-order valence-corrected chi connectivity index (χ4v) is 2.22. The smallest absolute Gasteiger partial charge is 0.237 e. The molecule has 0 aromatic heterocycles. The van der Waals surface area contributed by atoms with E-state index in [4.69, 9.17) is 16.3 Å². The van der Waals surface area contributed by atoms with Crippen molar-refractivity contribution in [3.05, 3.63) is 28.8 Å². The largest absolute Gasteiger partial charge is 0.497 e. The molecule has 5 heteroatoms. The second-order valence-electron chi connectivity index (χ2n) is 3.94. The Bertz CT molecular complexity index is 487. The number of rotatable bonds is 2. The Morgan fingerprint density at radius 1 is 1.41 bits per heavy atom. The molecule has 0 saturated carbocycles. The Morgan fingerprint density at radius 3 is 2.59 bits per heavy atom. The predicted molar refractivity (Wildman–Crippen MR) is 63.1 cm³/mol. The third-order valence-electron chi connectivity index (χ3n) is 2.96. The van der Waals surface area contributed by atoms with Crippen molar-refractivity contribution in [2.75, 3.05) is 14.2 Å². The Hall–Kier alpha value is -1.55. The van der Waals surface area contributed by atoms with Gasteiger partial charge in [-0.15, -0.1) is 0 Å². The normalized spacial score (nSPS) is 19.9. The maximum atomic E-state index is 11.8. The standard InChI is InChI=1S/C12H12ClNO3/c1-14-11(15)6-9(12(14)16)8-4-3-7(17-2)5-10(8)13/h3-5,9H,6H2,1-2H3. The molecule has 17 heavy (non-hydrogen) atoms. The molecule has 2 amide bonds. The number of hydrogen-bond donors (Lipinski definition) is 0. The number of amides is 2. The van der Waals surface area contributed by atoms with Crippen LogP contribution >= 0.6 is 11.6 Å². The first kappa shape index (κ1) is 11.9. The molecule has 0 spiro atoms. The third kappa shape index (κ3) is 2.00. The van der Waals surface area contributed by atoms with Gasteiger partial charge in [0.05, 0.1) is 13.0 Å². The van der Waals surface area contributed by atoms with Gasteiger partial charge in [0, 0.05) is 18.5 Å². The number of ether oxygens (including phenoxy) is 1. The van der Waals surface area contributed by atoms with Crippen molar-refractivity contribution >= 4 is 23.4 Å². The van der Waals surface area contributed by atoms with Crippen LogP contribution < -0.4 is 4.74 Å². The molecule has 1 aromatic rings. The number of benzene rings is 1. The Labute approximate surface area is 104 Å². The molecule has 0 N–H and O–H groups in total. The maximum Gasteiger partial charge on any atom is 0.237 e. The minimum absolute atomic E-state index is 0.174. The fourth-order valence-electron chi connectivity index (χ4n) is 1.92. The van der Waals surface area contributed by atoms with E-state index in [0.29, 0.717) is 16.3 Å². The van der Waals surface area contributed by atoms with E-state index < -0.39 is 5.92 Å². The summed E-state index contributed by atoms with van der Waals surface area (Å²) in [6.07, 6.45) is 0.182. The Kier molecular flexibility index (Phi) is 3.07. The average molecular weight is 254 g/mol. The molecule has 1 fully saturated rings. The molecule has 1 aliphatic rings. The zero-order valence-corrected chi connectivity index (χ0v) is 10.3. The molecule has 90 valence electrons. The molecule has 1 aliphatic heterocycles. The van der Waals surface area contributed by atoms with Crippen LogP contribution in [0.1, 0.15) is 17.9 Å². The molecular weight excluding hydrogens is 242 g/mol. The van der Waals surface area contributed by atoms with Crippen LogP contribution in [-0.4, -0.2) is 30.9 Å². The van der Waals surface area contributed by atoms with Gasteiger partial charge in [-0.2, -0.15) is 0 Å². The first-order chi connectivity index (χ1) is 8.04. The van der Waals surface area contributed by atoms with Gasteiger partial charge in [0.25, 0.3) is 0 Å². The Balaban J connectivity index is 2.36. The van der Waals surface area contributed by atoms with Gasteiger partial charge in [-0.25, -0.2) is 0 Å². The van der Waals surface area contributed by atoms with E-state index in [9.17, 15) is 9.59 Å². The van der Waals surface area contributed by atoms with E-state index in [1.54, 1.807) is 25.3 Å². The van der Waals surface area contributed by atoms with E-state index in [2.05, 4.69) is 0 Å². The van der Waals surface area contributed by atoms with Gasteiger partial charge < -0.3 is 4.74 Å². The minimum atomic E-state index is -0.467. The van der Waals surface area contributed by atoms with E-state index >= 15 is 0 Å². The quantitative estimate of drug-likeness (QED) is 0.756. The third-order valence-corrected chi connectivity index (χ3v) is 3.29. The van der Waals surface area contributed by atoms with Crippen LogP contribution in [0.2, 0.25) is 5.02 Å². The molecule has 4 nitrogen and oxygen atoms in total. The van der Waals surface area contributed by atoms with Crippen molar-refractivity contribution in [3.8, 4) is 5.75 Å². The monoisotopic (exact) mass is 253 g/mol. The molecule has 1 atom stereocenters. The van der Waals surface area contributed by atoms with Gasteiger partial charge in [-0.3, -0.25) is 14.5 Å². The van der Waals surface area contributed by atoms with Gasteiger partial charge in [0.2, 0.25) is 11.8 Å². The molecule has 0 bridgehead atoms. The summed E-state index contributed by atoms with van der Waals surface area (Å²) in [7, 11) is 3.03. The number of likely N-dealkylation sites (N-methyl/N-ethyl adjacent to an activating group) is 1. The van der Waals surface area contributed by atoms with Crippen molar-refractivity contribution in [1.29, 1.82) is 0 Å². The summed E-state index contributed by atoms with van der Waals surface area (Å²) in [6.45, 7) is 0. The highest BCUT2D eigenvalue weighted by molar-refractivity contribution is 6.32. The van der Waals surface area contributed by atoms with E-state index in [0.717, 1.165) is 4.90 Å². The number of methoxy groups -OCH3 is 1. The summed E-state index contributed by atoms with van der Waals surface area (Å²) in [5.41, 5.74) is 0.676. The number of nitrogens with zero attached hydrogens (tertiary/aromatic N) is 1. The van der Waals surface area contributed by atoms with Crippen molar-refractivity contribution in [2.45, 2.75) is 12.3 Å². The SMILES string of the molecule is COc1ccc(C2CC(=O)N(C)C2=O)c(Cl)c1. The van der Waals surface area contributed by atoms with Crippen LogP contribution in [-0.2, 0) is 9.59 Å². The first-order valence-corrected chi connectivity index (χ1v) is 5.56. The molecular formula is C12H12ClNO3. The zero-order chi connectivity index (χ0) is 12.6. The summed E-state index contributed by atoms with van der Waals surface area (Å²) < 4.78 is 5.04. The number of halogens is 1. The van der Waals surface area contributed by atoms with E-state index in [-0.39, 0.29) is 18.2 Å². The van der Waals surface area contributed by atoms with Crippen molar-refractivity contribution in [3.63, 3.8) is 0 Å². The second-order valence-corrected chi connectivity index (χ2v) is 4.34. The predicted octanol–water partition coefficient (Wildman–Crippen LogP) is 1.82. The first-order valence-electron chi connectivity index (χ1n) is 5.18. The van der Waals surface area contributed by atoms with Crippen LogP contribution in [0.15, 0.2) is 18.2 Å². The van der Waals surface area contributed by atoms with Crippen molar-refractivity contribution in [2.24, 2.45) is 0 Å². The van der Waals surface area contributed by atoms with Gasteiger partial charge >= 0.3 is 0 Å². The fraction of sp³-hybridized carbons (Fsp3) is 0.333. The van der Waals surface area contributed by atoms with Crippen LogP contribution in [0.25, 0.3) is 0 Å². The van der Waals surface area contributed by atoms with Crippen LogP contribution in [0.5, 0.6) is 5.75 Å². The maximum absolute atomic E-state index is 11.8. The number of carbonyl (C=O) groups excluding carboxylic acids is 2. The van der Waals surface area contributed by atoms with Crippen molar-refractivity contribution < 1.29 is 14.3 Å². The molecule has 1 aromatic carbocycles. The highest BCUT2D eigenvalue weighted by Gasteiger charge is 2.37. The lowest BCUT2D eigenvalue weighted by molar-refractivity contribution is -0.137. The number of hydrogen-bond acceptors (Lipinski definition) is 3. The van der Waals surface area contributed by atoms with Gasteiger partial charge in [0.1, 0.15) is 5.75 Å². The highest BCUT2D eigenvalue weighted by Crippen LogP contribution is 2.34. The lowest BCUT2D eigenvalue weighted by Gasteiger charge is -2.11. The number of imide groups is 1. The summed E-state index contributed by atoms with van der Waals surface area (Å²) in [4.78, 5) is 24.4. The molecule has 1 heterocycles. The lowest BCUT2D eigenvalue weighted by atomic mass is 9.97. The van der Waals surface area contributed by atoms with Crippen LogP contribution in [0, 0.1) is 0 Å². The summed E-state index contributed by atoms with van der Waals surface area (Å²) in [5, 5.41) is 0.450. The molecule has 0 radical (unpaired) electrons. The van der Waals surface area contributed by atoms with Gasteiger partial charge in [-0.1, -0.05) is 17.7 Å². The minimum Gasteiger partial charge on any atom is -0.497 e. The molecule has 2 rings (SSSR count). The average Bonchev–Trinajstić information content (AvgIpc) is 2.57. The molecule has 1 unspecified atom stereocenters. The van der Waals surface area contributed by atoms with Crippen molar-refractivity contribution in [1.82, 2.24) is 4.90 Å². The summed E-state index contributed by atoms with van der Waals surface area (Å²) in [5.74, 6) is -0.219. The van der Waals surface area contributed by atoms with E-state index in [1.807, 2.05) is 0 Å². The number of likely N-dealkylation sites (tertiary alicyclic amines) is 1. The topological polar surface area (TPSA) is 46.6 Å². The summed E-state index contributed by atoms with van der Waals surface area (Å²) in [6, 6.07) is 5.11. The molecule has 1 saturated heterocycles. The van der Waals surface area contributed by atoms with Crippen LogP contribution in [0.3, 0.4) is 0 Å². The lowest BCUT2D eigenvalue weighted by Crippen LogP contribution is -2.25. The van der Waals surface area contributed by atoms with E-state index in [1.165, 1.54) is 7.05 Å². The zero-order valence-electron chi connectivity index (χ0n) is 9.57. The van der Waals surface area contributed by atoms with Gasteiger partial charge in [-0.05, 0) is 17.7 Å². The van der Waals surface area contributed by atoms with Crippen LogP contribution in [0.4, 0.5) is 0 Å². The van der Waals surface area contributed by atoms with Gasteiger partial charge in [0.15, 0.2) is 0 Å². The number of carbonyl (C=O) groups is 2. The highest BCUT2D eigenvalue weighted by atomic mass is 35.5. The summed E-state index contributed by atoms with van der Waals surface area (Å²) >= 11 is 6.09. The Morgan fingerprint density at radius 2 is 2.12 bits per heavy atom.